The molecule has 0 unspecified atom stereocenters. The van der Waals surface area contributed by atoms with E-state index in [1.54, 1.807) is 0 Å². The van der Waals surface area contributed by atoms with Crippen molar-refractivity contribution in [3.63, 3.8) is 0 Å². The number of amides is 1. The van der Waals surface area contributed by atoms with Gasteiger partial charge in [-0.3, -0.25) is 9.10 Å². The number of hydrogen-bond acceptors (Lipinski definition) is 3. The Balaban J connectivity index is 1.97. The van der Waals surface area contributed by atoms with Crippen molar-refractivity contribution in [2.24, 2.45) is 0 Å². The lowest BCUT2D eigenvalue weighted by Gasteiger charge is -2.25. The van der Waals surface area contributed by atoms with Crippen LogP contribution in [-0.4, -0.2) is 27.1 Å². The zero-order valence-corrected chi connectivity index (χ0v) is 20.6. The van der Waals surface area contributed by atoms with Crippen LogP contribution in [0.15, 0.2) is 42.5 Å². The predicted octanol–water partition coefficient (Wildman–Crippen LogP) is 5.02. The molecular formula is C25H36N2O3S. The highest BCUT2D eigenvalue weighted by molar-refractivity contribution is 7.92. The highest BCUT2D eigenvalue weighted by Crippen LogP contribution is 2.25. The number of sulfonamides is 1. The third-order valence-corrected chi connectivity index (χ3v) is 6.63. The summed E-state index contributed by atoms with van der Waals surface area (Å²) in [6.45, 7) is 12.6. The van der Waals surface area contributed by atoms with Crippen molar-refractivity contribution >= 4 is 21.6 Å². The molecule has 0 aromatic heterocycles. The maximum Gasteiger partial charge on any atom is 0.232 e. The van der Waals surface area contributed by atoms with Gasteiger partial charge in [0.05, 0.1) is 18.0 Å². The highest BCUT2D eigenvalue weighted by atomic mass is 32.2. The van der Waals surface area contributed by atoms with Crippen LogP contribution >= 0.6 is 0 Å². The van der Waals surface area contributed by atoms with Crippen LogP contribution in [0.25, 0.3) is 0 Å². The first-order valence-corrected chi connectivity index (χ1v) is 12.6. The van der Waals surface area contributed by atoms with Gasteiger partial charge < -0.3 is 5.32 Å². The molecule has 2 rings (SSSR count). The van der Waals surface area contributed by atoms with Crippen molar-refractivity contribution in [2.75, 3.05) is 17.1 Å². The van der Waals surface area contributed by atoms with Gasteiger partial charge in [-0.05, 0) is 60.9 Å². The van der Waals surface area contributed by atoms with Crippen LogP contribution in [0.2, 0.25) is 0 Å². The second-order valence-corrected chi connectivity index (χ2v) is 11.3. The third-order valence-electron chi connectivity index (χ3n) is 5.45. The van der Waals surface area contributed by atoms with Crippen LogP contribution in [-0.2, 0) is 20.2 Å². The number of rotatable bonds is 8. The van der Waals surface area contributed by atoms with E-state index in [2.05, 4.69) is 50.4 Å². The molecule has 1 N–H and O–H groups in total. The minimum atomic E-state index is -3.44. The van der Waals surface area contributed by atoms with Gasteiger partial charge in [-0.25, -0.2) is 8.42 Å². The number of nitrogens with zero attached hydrogens (tertiary/aromatic N) is 1. The zero-order valence-electron chi connectivity index (χ0n) is 19.8. The maximum atomic E-state index is 12.5. The summed E-state index contributed by atoms with van der Waals surface area (Å²) >= 11 is 0. The van der Waals surface area contributed by atoms with Crippen LogP contribution < -0.4 is 9.62 Å². The average molecular weight is 445 g/mol. The van der Waals surface area contributed by atoms with Crippen molar-refractivity contribution in [1.29, 1.82) is 0 Å². The standard InChI is InChI=1S/C25H36N2O3S/c1-18-10-11-19(2)23(17-18)27(31(7,29)30)16-8-9-24(28)26-20(3)21-12-14-22(15-13-21)25(4,5)6/h10-15,17,20H,8-9,16H2,1-7H3,(H,26,28)/t20-/m0/s1. The van der Waals surface area contributed by atoms with Gasteiger partial charge in [0.15, 0.2) is 0 Å². The fourth-order valence-electron chi connectivity index (χ4n) is 3.51. The molecule has 2 aromatic carbocycles. The molecular weight excluding hydrogens is 408 g/mol. The molecule has 5 nitrogen and oxygen atoms in total. The third kappa shape index (κ3) is 7.10. The van der Waals surface area contributed by atoms with Crippen LogP contribution in [0.4, 0.5) is 5.69 Å². The minimum absolute atomic E-state index is 0.0817. The van der Waals surface area contributed by atoms with Gasteiger partial charge in [-0.1, -0.05) is 57.2 Å². The van der Waals surface area contributed by atoms with Crippen LogP contribution in [0, 0.1) is 13.8 Å². The fraction of sp³-hybridized carbons (Fsp3) is 0.480. The molecule has 170 valence electrons. The largest absolute Gasteiger partial charge is 0.350 e. The van der Waals surface area contributed by atoms with Crippen LogP contribution in [0.1, 0.15) is 68.8 Å². The first-order chi connectivity index (χ1) is 14.3. The normalized spacial score (nSPS) is 13.0. The van der Waals surface area contributed by atoms with E-state index in [-0.39, 0.29) is 30.3 Å². The van der Waals surface area contributed by atoms with E-state index < -0.39 is 10.0 Å². The van der Waals surface area contributed by atoms with Gasteiger partial charge in [0, 0.05) is 13.0 Å². The molecule has 1 amide bonds. The lowest BCUT2D eigenvalue weighted by atomic mass is 9.86. The lowest BCUT2D eigenvalue weighted by Crippen LogP contribution is -2.33. The van der Waals surface area contributed by atoms with E-state index in [1.165, 1.54) is 16.1 Å². The maximum absolute atomic E-state index is 12.5. The number of benzene rings is 2. The summed E-state index contributed by atoms with van der Waals surface area (Å²) in [6.07, 6.45) is 1.92. The van der Waals surface area contributed by atoms with Gasteiger partial charge in [0.2, 0.25) is 15.9 Å². The molecule has 0 spiro atoms. The topological polar surface area (TPSA) is 66.5 Å². The average Bonchev–Trinajstić information content (AvgIpc) is 2.66. The Labute approximate surface area is 187 Å². The summed E-state index contributed by atoms with van der Waals surface area (Å²) in [7, 11) is -3.44. The summed E-state index contributed by atoms with van der Waals surface area (Å²) in [6, 6.07) is 14.0. The van der Waals surface area contributed by atoms with Crippen LogP contribution in [0.3, 0.4) is 0 Å². The Morgan fingerprint density at radius 3 is 2.23 bits per heavy atom. The molecule has 0 saturated carbocycles. The van der Waals surface area contributed by atoms with Gasteiger partial charge in [0.25, 0.3) is 0 Å². The van der Waals surface area contributed by atoms with Crippen LogP contribution in [0.5, 0.6) is 0 Å². The molecule has 6 heteroatoms. The van der Waals surface area contributed by atoms with E-state index in [1.807, 2.05) is 39.0 Å². The number of nitrogens with one attached hydrogen (secondary N) is 1. The summed E-state index contributed by atoms with van der Waals surface area (Å²) in [4.78, 5) is 12.5. The molecule has 2 aromatic rings. The summed E-state index contributed by atoms with van der Waals surface area (Å²) < 4.78 is 26.1. The molecule has 0 bridgehead atoms. The number of anilines is 1. The summed E-state index contributed by atoms with van der Waals surface area (Å²) in [5.41, 5.74) is 4.96. The van der Waals surface area contributed by atoms with Crippen molar-refractivity contribution in [1.82, 2.24) is 5.32 Å². The number of hydrogen-bond donors (Lipinski definition) is 1. The minimum Gasteiger partial charge on any atom is -0.350 e. The number of carbonyl (C=O) groups excluding carboxylic acids is 1. The first-order valence-electron chi connectivity index (χ1n) is 10.7. The molecule has 0 fully saturated rings. The molecule has 0 heterocycles. The van der Waals surface area contributed by atoms with E-state index in [9.17, 15) is 13.2 Å². The van der Waals surface area contributed by atoms with Gasteiger partial charge in [0.1, 0.15) is 0 Å². The van der Waals surface area contributed by atoms with Gasteiger partial charge in [-0.15, -0.1) is 0 Å². The SMILES string of the molecule is Cc1ccc(C)c(N(CCCC(=O)N[C@@H](C)c2ccc(C(C)(C)C)cc2)S(C)(=O)=O)c1. The monoisotopic (exact) mass is 444 g/mol. The van der Waals surface area contributed by atoms with Gasteiger partial charge in [-0.2, -0.15) is 0 Å². The van der Waals surface area contributed by atoms with E-state index in [0.717, 1.165) is 16.7 Å². The number of aryl methyl sites for hydroxylation is 2. The Hall–Kier alpha value is -2.34. The van der Waals surface area contributed by atoms with E-state index >= 15 is 0 Å². The highest BCUT2D eigenvalue weighted by Gasteiger charge is 2.20. The van der Waals surface area contributed by atoms with E-state index in [0.29, 0.717) is 12.1 Å². The summed E-state index contributed by atoms with van der Waals surface area (Å²) in [5, 5.41) is 3.02. The van der Waals surface area contributed by atoms with Crippen molar-refractivity contribution in [3.05, 3.63) is 64.7 Å². The Kier molecular flexibility index (Phi) is 7.93. The Morgan fingerprint density at radius 1 is 1.06 bits per heavy atom. The molecule has 31 heavy (non-hydrogen) atoms. The second-order valence-electron chi connectivity index (χ2n) is 9.39. The van der Waals surface area contributed by atoms with Gasteiger partial charge >= 0.3 is 0 Å². The zero-order chi connectivity index (χ0) is 23.4. The molecule has 0 saturated heterocycles. The molecule has 0 radical (unpaired) electrons. The fourth-order valence-corrected chi connectivity index (χ4v) is 4.52. The molecule has 1 atom stereocenters. The Bertz CT molecular complexity index is 1010. The second kappa shape index (κ2) is 9.86. The van der Waals surface area contributed by atoms with Crippen molar-refractivity contribution in [2.45, 2.75) is 65.8 Å². The molecule has 0 aliphatic heterocycles. The van der Waals surface area contributed by atoms with Crippen molar-refractivity contribution < 1.29 is 13.2 Å². The quantitative estimate of drug-likeness (QED) is 0.621. The summed E-state index contributed by atoms with van der Waals surface area (Å²) in [5.74, 6) is -0.0817. The number of carbonyl (C=O) groups is 1. The van der Waals surface area contributed by atoms with Crippen molar-refractivity contribution in [3.8, 4) is 0 Å². The smallest absolute Gasteiger partial charge is 0.232 e. The Morgan fingerprint density at radius 2 is 1.68 bits per heavy atom. The lowest BCUT2D eigenvalue weighted by molar-refractivity contribution is -0.121. The molecule has 0 aliphatic carbocycles. The van der Waals surface area contributed by atoms with E-state index in [4.69, 9.17) is 0 Å². The predicted molar refractivity (Wildman–Crippen MR) is 129 cm³/mol. The first kappa shape index (κ1) is 24.9. The molecule has 0 aliphatic rings.